The molecule has 1 aromatic carbocycles. The zero-order chi connectivity index (χ0) is 15.7. The van der Waals surface area contributed by atoms with Crippen LogP contribution in [0.15, 0.2) is 35.5 Å². The van der Waals surface area contributed by atoms with Crippen molar-refractivity contribution in [1.82, 2.24) is 19.5 Å². The molecule has 114 valence electrons. The van der Waals surface area contributed by atoms with Gasteiger partial charge in [0.2, 0.25) is 10.0 Å². The predicted octanol–water partition coefficient (Wildman–Crippen LogP) is 1.64. The van der Waals surface area contributed by atoms with Gasteiger partial charge in [-0.2, -0.15) is 22.6 Å². The molecule has 0 saturated heterocycles. The Morgan fingerprint density at radius 1 is 1.29 bits per heavy atom. The van der Waals surface area contributed by atoms with Crippen molar-refractivity contribution in [3.05, 3.63) is 42.0 Å². The Hall–Kier alpha value is -1.94. The maximum atomic E-state index is 12.9. The summed E-state index contributed by atoms with van der Waals surface area (Å²) in [5, 5.41) is 6.00. The zero-order valence-corrected chi connectivity index (χ0v) is 11.6. The number of aromatic nitrogens is 3. The Kier molecular flexibility index (Phi) is 4.01. The molecule has 0 bridgehead atoms. The van der Waals surface area contributed by atoms with Crippen LogP contribution in [0.3, 0.4) is 0 Å². The number of H-pyrrole nitrogens is 1. The van der Waals surface area contributed by atoms with Crippen LogP contribution in [0, 0.1) is 0 Å². The number of hydrogen-bond donors (Lipinski definition) is 1. The van der Waals surface area contributed by atoms with E-state index in [9.17, 15) is 21.6 Å². The number of benzene rings is 1. The standard InChI is InChI=1S/C11H11F3N4O2S/c1-18(6-10-15-7-16-17-10)21(19,20)9-5-3-2-4-8(9)11(12,13)14/h2-5,7H,6H2,1H3,(H,15,16,17). The Morgan fingerprint density at radius 3 is 2.52 bits per heavy atom. The third-order valence-electron chi connectivity index (χ3n) is 2.72. The van der Waals surface area contributed by atoms with Crippen LogP contribution in [0.1, 0.15) is 11.4 Å². The number of sulfonamides is 1. The number of rotatable bonds is 4. The van der Waals surface area contributed by atoms with Crippen LogP contribution in [0.4, 0.5) is 13.2 Å². The summed E-state index contributed by atoms with van der Waals surface area (Å²) in [5.74, 6) is 0.227. The zero-order valence-electron chi connectivity index (χ0n) is 10.8. The normalized spacial score (nSPS) is 12.8. The van der Waals surface area contributed by atoms with Crippen molar-refractivity contribution >= 4 is 10.0 Å². The van der Waals surface area contributed by atoms with Gasteiger partial charge in [0, 0.05) is 7.05 Å². The molecule has 0 spiro atoms. The number of aromatic amines is 1. The van der Waals surface area contributed by atoms with Crippen LogP contribution in [0.5, 0.6) is 0 Å². The number of nitrogens with zero attached hydrogens (tertiary/aromatic N) is 3. The highest BCUT2D eigenvalue weighted by Gasteiger charge is 2.38. The van der Waals surface area contributed by atoms with Crippen molar-refractivity contribution in [1.29, 1.82) is 0 Å². The molecule has 2 rings (SSSR count). The van der Waals surface area contributed by atoms with E-state index >= 15 is 0 Å². The first-order chi connectivity index (χ1) is 9.73. The first kappa shape index (κ1) is 15.4. The largest absolute Gasteiger partial charge is 0.417 e. The number of hydrogen-bond acceptors (Lipinski definition) is 4. The minimum Gasteiger partial charge on any atom is -0.262 e. The SMILES string of the molecule is CN(Cc1ncn[nH]1)S(=O)(=O)c1ccccc1C(F)(F)F. The second-order valence-electron chi connectivity index (χ2n) is 4.19. The third-order valence-corrected chi connectivity index (χ3v) is 4.58. The second-order valence-corrected chi connectivity index (χ2v) is 6.20. The van der Waals surface area contributed by atoms with Crippen LogP contribution in [-0.4, -0.2) is 35.0 Å². The summed E-state index contributed by atoms with van der Waals surface area (Å²) in [6.45, 7) is -0.214. The maximum Gasteiger partial charge on any atom is 0.417 e. The highest BCUT2D eigenvalue weighted by Crippen LogP contribution is 2.34. The van der Waals surface area contributed by atoms with E-state index in [0.717, 1.165) is 22.5 Å². The molecule has 0 aliphatic heterocycles. The summed E-state index contributed by atoms with van der Waals surface area (Å²) in [7, 11) is -3.13. The van der Waals surface area contributed by atoms with Crippen molar-refractivity contribution in [3.63, 3.8) is 0 Å². The van der Waals surface area contributed by atoms with Crippen molar-refractivity contribution in [3.8, 4) is 0 Å². The van der Waals surface area contributed by atoms with Gasteiger partial charge in [-0.25, -0.2) is 13.4 Å². The van der Waals surface area contributed by atoms with Crippen LogP contribution in [0.25, 0.3) is 0 Å². The molecular weight excluding hydrogens is 309 g/mol. The molecule has 2 aromatic rings. The molecule has 0 amide bonds. The molecule has 21 heavy (non-hydrogen) atoms. The lowest BCUT2D eigenvalue weighted by molar-refractivity contribution is -0.139. The molecule has 1 N–H and O–H groups in total. The van der Waals surface area contributed by atoms with Gasteiger partial charge in [0.25, 0.3) is 0 Å². The van der Waals surface area contributed by atoms with Gasteiger partial charge < -0.3 is 0 Å². The molecule has 1 aromatic heterocycles. The molecule has 0 radical (unpaired) electrons. The highest BCUT2D eigenvalue weighted by atomic mass is 32.2. The van der Waals surface area contributed by atoms with E-state index < -0.39 is 26.7 Å². The maximum absolute atomic E-state index is 12.9. The lowest BCUT2D eigenvalue weighted by Gasteiger charge is -2.19. The van der Waals surface area contributed by atoms with Crippen LogP contribution in [0.2, 0.25) is 0 Å². The van der Waals surface area contributed by atoms with Gasteiger partial charge in [0.05, 0.1) is 17.0 Å². The summed E-state index contributed by atoms with van der Waals surface area (Å²) >= 11 is 0. The van der Waals surface area contributed by atoms with Gasteiger partial charge >= 0.3 is 6.18 Å². The first-order valence-electron chi connectivity index (χ1n) is 5.69. The van der Waals surface area contributed by atoms with Gasteiger partial charge in [-0.15, -0.1) is 0 Å². The van der Waals surface area contributed by atoms with Crippen LogP contribution >= 0.6 is 0 Å². The lowest BCUT2D eigenvalue weighted by atomic mass is 10.2. The van der Waals surface area contributed by atoms with E-state index in [4.69, 9.17) is 0 Å². The quantitative estimate of drug-likeness (QED) is 0.929. The highest BCUT2D eigenvalue weighted by molar-refractivity contribution is 7.89. The molecule has 0 fully saturated rings. The second kappa shape index (κ2) is 5.45. The molecule has 6 nitrogen and oxygen atoms in total. The lowest BCUT2D eigenvalue weighted by Crippen LogP contribution is -2.29. The first-order valence-corrected chi connectivity index (χ1v) is 7.13. The minimum atomic E-state index is -4.75. The van der Waals surface area contributed by atoms with E-state index in [2.05, 4.69) is 15.2 Å². The fourth-order valence-corrected chi connectivity index (χ4v) is 3.04. The summed E-state index contributed by atoms with van der Waals surface area (Å²) in [5.41, 5.74) is -1.20. The van der Waals surface area contributed by atoms with E-state index in [-0.39, 0.29) is 12.4 Å². The Morgan fingerprint density at radius 2 is 1.95 bits per heavy atom. The summed E-state index contributed by atoms with van der Waals surface area (Å²) in [6.07, 6.45) is -3.57. The smallest absolute Gasteiger partial charge is 0.262 e. The summed E-state index contributed by atoms with van der Waals surface area (Å²) < 4.78 is 64.1. The monoisotopic (exact) mass is 320 g/mol. The molecule has 0 aliphatic rings. The van der Waals surface area contributed by atoms with Crippen molar-refractivity contribution in [2.75, 3.05) is 7.05 Å². The van der Waals surface area contributed by atoms with Crippen LogP contribution in [-0.2, 0) is 22.7 Å². The van der Waals surface area contributed by atoms with Crippen molar-refractivity contribution < 1.29 is 21.6 Å². The molecule has 10 heteroatoms. The average molecular weight is 320 g/mol. The summed E-state index contributed by atoms with van der Waals surface area (Å²) in [6, 6.07) is 4.03. The van der Waals surface area contributed by atoms with Gasteiger partial charge in [-0.3, -0.25) is 5.10 Å². The number of nitrogens with one attached hydrogen (secondary N) is 1. The van der Waals surface area contributed by atoms with Gasteiger partial charge in [0.1, 0.15) is 12.2 Å². The predicted molar refractivity (Wildman–Crippen MR) is 66.5 cm³/mol. The average Bonchev–Trinajstić information content (AvgIpc) is 2.90. The third kappa shape index (κ3) is 3.22. The van der Waals surface area contributed by atoms with E-state index in [1.807, 2.05) is 0 Å². The van der Waals surface area contributed by atoms with Gasteiger partial charge in [-0.05, 0) is 12.1 Å². The van der Waals surface area contributed by atoms with Crippen molar-refractivity contribution in [2.24, 2.45) is 0 Å². The fraction of sp³-hybridized carbons (Fsp3) is 0.273. The van der Waals surface area contributed by atoms with Gasteiger partial charge in [0.15, 0.2) is 0 Å². The molecule has 0 aliphatic carbocycles. The topological polar surface area (TPSA) is 79.0 Å². The number of halogens is 3. The number of alkyl halides is 3. The van der Waals surface area contributed by atoms with Crippen LogP contribution < -0.4 is 0 Å². The van der Waals surface area contributed by atoms with Gasteiger partial charge in [-0.1, -0.05) is 12.1 Å². The summed E-state index contributed by atoms with van der Waals surface area (Å²) in [4.78, 5) is 2.95. The van der Waals surface area contributed by atoms with E-state index in [1.54, 1.807) is 0 Å². The fourth-order valence-electron chi connectivity index (χ4n) is 1.70. The van der Waals surface area contributed by atoms with E-state index in [1.165, 1.54) is 19.4 Å². The Balaban J connectivity index is 2.40. The van der Waals surface area contributed by atoms with E-state index in [0.29, 0.717) is 0 Å². The molecule has 0 saturated carbocycles. The molecule has 1 heterocycles. The minimum absolute atomic E-state index is 0.214. The molecular formula is C11H11F3N4O2S. The molecule has 0 unspecified atom stereocenters. The van der Waals surface area contributed by atoms with Crippen molar-refractivity contribution in [2.45, 2.75) is 17.6 Å². The Labute approximate surface area is 118 Å². The molecule has 0 atom stereocenters. The Bertz CT molecular complexity index is 713.